The van der Waals surface area contributed by atoms with Crippen LogP contribution in [-0.4, -0.2) is 0 Å². The fourth-order valence-corrected chi connectivity index (χ4v) is 3.85. The van der Waals surface area contributed by atoms with Crippen molar-refractivity contribution >= 4 is 33.0 Å². The fraction of sp³-hybridized carbons (Fsp3) is 0.222. The van der Waals surface area contributed by atoms with E-state index in [9.17, 15) is 0 Å². The van der Waals surface area contributed by atoms with E-state index in [-0.39, 0.29) is 0 Å². The normalized spacial score (nSPS) is 12.7. The maximum atomic E-state index is 6.48. The SMILES string of the molecule is Cc1ccc([C@H](C)NCc2sc3ccccc3c2Cl)cc1. The molecule has 21 heavy (non-hydrogen) atoms. The summed E-state index contributed by atoms with van der Waals surface area (Å²) in [6.45, 7) is 5.10. The van der Waals surface area contributed by atoms with E-state index < -0.39 is 0 Å². The van der Waals surface area contributed by atoms with Crippen LogP contribution in [0.3, 0.4) is 0 Å². The molecule has 1 heterocycles. The Morgan fingerprint density at radius 1 is 1.10 bits per heavy atom. The van der Waals surface area contributed by atoms with Crippen LogP contribution in [0.15, 0.2) is 48.5 Å². The van der Waals surface area contributed by atoms with Gasteiger partial charge in [0.15, 0.2) is 0 Å². The molecule has 0 saturated carbocycles. The van der Waals surface area contributed by atoms with Gasteiger partial charge in [0.1, 0.15) is 0 Å². The van der Waals surface area contributed by atoms with E-state index in [0.717, 1.165) is 17.0 Å². The average molecular weight is 316 g/mol. The van der Waals surface area contributed by atoms with Gasteiger partial charge in [0.25, 0.3) is 0 Å². The third-order valence-corrected chi connectivity index (χ3v) is 5.46. The molecular weight excluding hydrogens is 298 g/mol. The van der Waals surface area contributed by atoms with Crippen molar-refractivity contribution in [2.75, 3.05) is 0 Å². The molecule has 3 heteroatoms. The van der Waals surface area contributed by atoms with Crippen LogP contribution in [0.5, 0.6) is 0 Å². The second-order valence-electron chi connectivity index (χ2n) is 5.35. The smallest absolute Gasteiger partial charge is 0.0636 e. The first-order valence-corrected chi connectivity index (χ1v) is 8.30. The molecule has 0 radical (unpaired) electrons. The maximum Gasteiger partial charge on any atom is 0.0636 e. The molecule has 1 atom stereocenters. The van der Waals surface area contributed by atoms with Gasteiger partial charge in [0.05, 0.1) is 5.02 Å². The highest BCUT2D eigenvalue weighted by molar-refractivity contribution is 7.19. The van der Waals surface area contributed by atoms with Crippen molar-refractivity contribution in [1.82, 2.24) is 5.32 Å². The van der Waals surface area contributed by atoms with Gasteiger partial charge < -0.3 is 5.32 Å². The molecule has 2 aromatic carbocycles. The minimum Gasteiger partial charge on any atom is -0.305 e. The second-order valence-corrected chi connectivity index (χ2v) is 6.86. The zero-order chi connectivity index (χ0) is 14.8. The Morgan fingerprint density at radius 3 is 2.52 bits per heavy atom. The van der Waals surface area contributed by atoms with Crippen molar-refractivity contribution in [1.29, 1.82) is 0 Å². The molecule has 0 saturated heterocycles. The molecule has 0 aliphatic heterocycles. The number of thiophene rings is 1. The Balaban J connectivity index is 1.74. The summed E-state index contributed by atoms with van der Waals surface area (Å²) in [7, 11) is 0. The number of hydrogen-bond donors (Lipinski definition) is 1. The number of halogens is 1. The third kappa shape index (κ3) is 3.13. The first kappa shape index (κ1) is 14.6. The number of nitrogens with one attached hydrogen (secondary N) is 1. The van der Waals surface area contributed by atoms with Crippen molar-refractivity contribution < 1.29 is 0 Å². The predicted octanol–water partition coefficient (Wildman–Crippen LogP) is 5.71. The van der Waals surface area contributed by atoms with E-state index >= 15 is 0 Å². The highest BCUT2D eigenvalue weighted by atomic mass is 35.5. The van der Waals surface area contributed by atoms with E-state index in [2.05, 4.69) is 61.6 Å². The van der Waals surface area contributed by atoms with Crippen LogP contribution in [-0.2, 0) is 6.54 Å². The topological polar surface area (TPSA) is 12.0 Å². The first-order chi connectivity index (χ1) is 10.1. The van der Waals surface area contributed by atoms with E-state index in [1.165, 1.54) is 20.7 Å². The Hall–Kier alpha value is -1.35. The monoisotopic (exact) mass is 315 g/mol. The van der Waals surface area contributed by atoms with Crippen LogP contribution in [0.1, 0.15) is 29.0 Å². The average Bonchev–Trinajstić information content (AvgIpc) is 2.82. The van der Waals surface area contributed by atoms with Crippen LogP contribution in [0.2, 0.25) is 5.02 Å². The molecular formula is C18H18ClNS. The summed E-state index contributed by atoms with van der Waals surface area (Å²) >= 11 is 8.25. The quantitative estimate of drug-likeness (QED) is 0.650. The van der Waals surface area contributed by atoms with Crippen molar-refractivity contribution in [3.8, 4) is 0 Å². The van der Waals surface area contributed by atoms with Gasteiger partial charge in [-0.15, -0.1) is 11.3 Å². The molecule has 0 bridgehead atoms. The molecule has 3 rings (SSSR count). The number of hydrogen-bond acceptors (Lipinski definition) is 2. The summed E-state index contributed by atoms with van der Waals surface area (Å²) < 4.78 is 1.25. The van der Waals surface area contributed by atoms with Gasteiger partial charge in [-0.1, -0.05) is 59.6 Å². The molecule has 0 amide bonds. The summed E-state index contributed by atoms with van der Waals surface area (Å²) in [6.07, 6.45) is 0. The fourth-order valence-electron chi connectivity index (χ4n) is 2.40. The molecule has 1 N–H and O–H groups in total. The highest BCUT2D eigenvalue weighted by Crippen LogP contribution is 2.35. The summed E-state index contributed by atoms with van der Waals surface area (Å²) in [5, 5.41) is 5.61. The van der Waals surface area contributed by atoms with Gasteiger partial charge in [0.2, 0.25) is 0 Å². The van der Waals surface area contributed by atoms with Crippen molar-refractivity contribution in [2.24, 2.45) is 0 Å². The van der Waals surface area contributed by atoms with E-state index in [4.69, 9.17) is 11.6 Å². The third-order valence-electron chi connectivity index (χ3n) is 3.75. The molecule has 3 aromatic rings. The molecule has 0 fully saturated rings. The molecule has 1 aromatic heterocycles. The van der Waals surface area contributed by atoms with Crippen molar-refractivity contribution in [2.45, 2.75) is 26.4 Å². The lowest BCUT2D eigenvalue weighted by Crippen LogP contribution is -2.17. The largest absolute Gasteiger partial charge is 0.305 e. The Kier molecular flexibility index (Phi) is 4.29. The standard InChI is InChI=1S/C18H18ClNS/c1-12-7-9-14(10-8-12)13(2)20-11-17-18(19)15-5-3-4-6-16(15)21-17/h3-10,13,20H,11H2,1-2H3/t13-/m0/s1. The first-order valence-electron chi connectivity index (χ1n) is 7.11. The van der Waals surface area contributed by atoms with Gasteiger partial charge >= 0.3 is 0 Å². The van der Waals surface area contributed by atoms with Crippen molar-refractivity contribution in [3.05, 3.63) is 69.6 Å². The van der Waals surface area contributed by atoms with Gasteiger partial charge in [-0.3, -0.25) is 0 Å². The highest BCUT2D eigenvalue weighted by Gasteiger charge is 2.11. The minimum atomic E-state index is 0.312. The lowest BCUT2D eigenvalue weighted by atomic mass is 10.1. The number of aryl methyl sites for hydroxylation is 1. The molecule has 0 aliphatic rings. The maximum absolute atomic E-state index is 6.48. The zero-order valence-corrected chi connectivity index (χ0v) is 13.8. The lowest BCUT2D eigenvalue weighted by Gasteiger charge is -2.14. The Morgan fingerprint density at radius 2 is 1.81 bits per heavy atom. The van der Waals surface area contributed by atoms with Crippen LogP contribution < -0.4 is 5.32 Å². The zero-order valence-electron chi connectivity index (χ0n) is 12.2. The van der Waals surface area contributed by atoms with E-state index in [0.29, 0.717) is 6.04 Å². The van der Waals surface area contributed by atoms with Crippen LogP contribution in [0, 0.1) is 6.92 Å². The summed E-state index contributed by atoms with van der Waals surface area (Å²) in [4.78, 5) is 1.21. The minimum absolute atomic E-state index is 0.312. The molecule has 1 nitrogen and oxygen atoms in total. The van der Waals surface area contributed by atoms with Crippen LogP contribution in [0.4, 0.5) is 0 Å². The van der Waals surface area contributed by atoms with Gasteiger partial charge in [-0.25, -0.2) is 0 Å². The van der Waals surface area contributed by atoms with Gasteiger partial charge in [-0.2, -0.15) is 0 Å². The summed E-state index contributed by atoms with van der Waals surface area (Å²) in [6, 6.07) is 17.3. The number of benzene rings is 2. The van der Waals surface area contributed by atoms with Gasteiger partial charge in [0, 0.05) is 27.5 Å². The summed E-state index contributed by atoms with van der Waals surface area (Å²) in [5.74, 6) is 0. The van der Waals surface area contributed by atoms with Crippen LogP contribution in [0.25, 0.3) is 10.1 Å². The van der Waals surface area contributed by atoms with Crippen molar-refractivity contribution in [3.63, 3.8) is 0 Å². The Bertz CT molecular complexity index is 746. The van der Waals surface area contributed by atoms with E-state index in [1.807, 2.05) is 6.07 Å². The summed E-state index contributed by atoms with van der Waals surface area (Å²) in [5.41, 5.74) is 2.59. The molecule has 0 spiro atoms. The van der Waals surface area contributed by atoms with Gasteiger partial charge in [-0.05, 0) is 25.5 Å². The lowest BCUT2D eigenvalue weighted by molar-refractivity contribution is 0.579. The number of rotatable bonds is 4. The Labute approximate surface area is 134 Å². The number of fused-ring (bicyclic) bond motifs is 1. The molecule has 0 aliphatic carbocycles. The second kappa shape index (κ2) is 6.18. The van der Waals surface area contributed by atoms with Crippen LogP contribution >= 0.6 is 22.9 Å². The van der Waals surface area contributed by atoms with E-state index in [1.54, 1.807) is 11.3 Å². The predicted molar refractivity (Wildman–Crippen MR) is 93.3 cm³/mol. The molecule has 108 valence electrons. The molecule has 0 unspecified atom stereocenters.